The molecule has 0 N–H and O–H groups in total. The molecule has 1 aliphatic rings. The Kier molecular flexibility index (Phi) is 6.60. The van der Waals surface area contributed by atoms with E-state index in [1.807, 2.05) is 6.92 Å². The third-order valence-electron chi connectivity index (χ3n) is 2.72. The lowest BCUT2D eigenvalue weighted by Gasteiger charge is -2.22. The smallest absolute Gasteiger partial charge is 0.132 e. The van der Waals surface area contributed by atoms with E-state index in [-0.39, 0.29) is 0 Å². The van der Waals surface area contributed by atoms with E-state index in [1.165, 1.54) is 12.8 Å². The predicted octanol–water partition coefficient (Wildman–Crippen LogP) is 2.33. The van der Waals surface area contributed by atoms with E-state index >= 15 is 0 Å². The van der Waals surface area contributed by atoms with Gasteiger partial charge in [0.2, 0.25) is 0 Å². The molecule has 1 unspecified atom stereocenters. The summed E-state index contributed by atoms with van der Waals surface area (Å²) in [5.74, 6) is 0.326. The first-order valence-electron chi connectivity index (χ1n) is 6.04. The molecule has 0 saturated carbocycles. The van der Waals surface area contributed by atoms with Gasteiger partial charge in [0.1, 0.15) is 5.78 Å². The average molecular weight is 214 g/mol. The van der Waals surface area contributed by atoms with Gasteiger partial charge in [-0.15, -0.1) is 0 Å². The van der Waals surface area contributed by atoms with Crippen molar-refractivity contribution >= 4 is 5.78 Å². The summed E-state index contributed by atoms with van der Waals surface area (Å²) >= 11 is 0. The zero-order valence-corrected chi connectivity index (χ0v) is 9.67. The third-order valence-corrected chi connectivity index (χ3v) is 2.72. The molecule has 0 aromatic heterocycles. The second-order valence-corrected chi connectivity index (χ2v) is 4.06. The molecule has 88 valence electrons. The molecule has 0 spiro atoms. The number of rotatable bonds is 7. The van der Waals surface area contributed by atoms with Gasteiger partial charge in [-0.1, -0.05) is 6.92 Å². The quantitative estimate of drug-likeness (QED) is 0.610. The van der Waals surface area contributed by atoms with Crippen molar-refractivity contribution in [2.24, 2.45) is 0 Å². The van der Waals surface area contributed by atoms with E-state index in [4.69, 9.17) is 9.47 Å². The highest BCUT2D eigenvalue weighted by molar-refractivity contribution is 5.77. The number of carbonyl (C=O) groups is 1. The molecule has 1 fully saturated rings. The molecule has 1 saturated heterocycles. The maximum atomic E-state index is 11.0. The Morgan fingerprint density at radius 1 is 1.47 bits per heavy atom. The minimum Gasteiger partial charge on any atom is -0.379 e. The van der Waals surface area contributed by atoms with Gasteiger partial charge >= 0.3 is 0 Å². The van der Waals surface area contributed by atoms with Gasteiger partial charge in [-0.05, 0) is 25.7 Å². The molecule has 1 aliphatic heterocycles. The molecule has 0 aliphatic carbocycles. The van der Waals surface area contributed by atoms with Crippen LogP contribution in [0, 0.1) is 0 Å². The summed E-state index contributed by atoms with van der Waals surface area (Å²) < 4.78 is 11.0. The molecule has 1 heterocycles. The fourth-order valence-electron chi connectivity index (χ4n) is 1.70. The molecule has 1 atom stereocenters. The van der Waals surface area contributed by atoms with Crippen LogP contribution in [0.15, 0.2) is 0 Å². The first kappa shape index (κ1) is 12.7. The van der Waals surface area contributed by atoms with Crippen molar-refractivity contribution in [1.82, 2.24) is 0 Å². The predicted molar refractivity (Wildman–Crippen MR) is 58.9 cm³/mol. The van der Waals surface area contributed by atoms with Gasteiger partial charge in [-0.2, -0.15) is 0 Å². The van der Waals surface area contributed by atoms with Crippen LogP contribution in [-0.2, 0) is 14.3 Å². The van der Waals surface area contributed by atoms with Gasteiger partial charge in [0.25, 0.3) is 0 Å². The van der Waals surface area contributed by atoms with Crippen LogP contribution >= 0.6 is 0 Å². The lowest BCUT2D eigenvalue weighted by Crippen LogP contribution is -2.24. The summed E-state index contributed by atoms with van der Waals surface area (Å²) in [5, 5.41) is 0. The van der Waals surface area contributed by atoms with E-state index < -0.39 is 0 Å². The van der Waals surface area contributed by atoms with Crippen LogP contribution in [0.3, 0.4) is 0 Å². The van der Waals surface area contributed by atoms with Gasteiger partial charge in [-0.25, -0.2) is 0 Å². The molecular weight excluding hydrogens is 192 g/mol. The van der Waals surface area contributed by atoms with Crippen molar-refractivity contribution in [3.05, 3.63) is 0 Å². The molecule has 0 aromatic rings. The maximum Gasteiger partial charge on any atom is 0.132 e. The summed E-state index contributed by atoms with van der Waals surface area (Å²) in [6, 6.07) is 0. The van der Waals surface area contributed by atoms with Crippen molar-refractivity contribution < 1.29 is 14.3 Å². The minimum atomic E-state index is 0.292. The van der Waals surface area contributed by atoms with Gasteiger partial charge in [0.05, 0.1) is 12.7 Å². The Morgan fingerprint density at radius 3 is 3.00 bits per heavy atom. The normalized spacial score (nSPS) is 21.5. The van der Waals surface area contributed by atoms with Crippen molar-refractivity contribution in [2.45, 2.75) is 51.6 Å². The van der Waals surface area contributed by atoms with Crippen molar-refractivity contribution in [1.29, 1.82) is 0 Å². The average Bonchev–Trinajstić information content (AvgIpc) is 2.29. The fraction of sp³-hybridized carbons (Fsp3) is 0.917. The van der Waals surface area contributed by atoms with Crippen molar-refractivity contribution in [2.75, 3.05) is 19.8 Å². The van der Waals surface area contributed by atoms with Gasteiger partial charge < -0.3 is 9.47 Å². The first-order valence-corrected chi connectivity index (χ1v) is 6.04. The topological polar surface area (TPSA) is 35.5 Å². The van der Waals surface area contributed by atoms with Crippen LogP contribution in [0.4, 0.5) is 0 Å². The zero-order chi connectivity index (χ0) is 10.9. The van der Waals surface area contributed by atoms with Crippen LogP contribution in [0.1, 0.15) is 45.4 Å². The summed E-state index contributed by atoms with van der Waals surface area (Å²) in [7, 11) is 0. The SMILES string of the molecule is CCC(=O)CCCOCC1CCCCO1. The van der Waals surface area contributed by atoms with Crippen LogP contribution in [0.5, 0.6) is 0 Å². The molecule has 1 rings (SSSR count). The minimum absolute atomic E-state index is 0.292. The number of hydrogen-bond acceptors (Lipinski definition) is 3. The van der Waals surface area contributed by atoms with Crippen LogP contribution in [0.2, 0.25) is 0 Å². The summed E-state index contributed by atoms with van der Waals surface area (Å²) in [4.78, 5) is 11.0. The van der Waals surface area contributed by atoms with E-state index in [2.05, 4.69) is 0 Å². The van der Waals surface area contributed by atoms with Crippen LogP contribution in [0.25, 0.3) is 0 Å². The second kappa shape index (κ2) is 7.83. The van der Waals surface area contributed by atoms with Crippen molar-refractivity contribution in [3.63, 3.8) is 0 Å². The molecule has 0 bridgehead atoms. The highest BCUT2D eigenvalue weighted by Gasteiger charge is 2.13. The standard InChI is InChI=1S/C12H22O3/c1-2-11(13)6-5-8-14-10-12-7-3-4-9-15-12/h12H,2-10H2,1H3. The summed E-state index contributed by atoms with van der Waals surface area (Å²) in [6.45, 7) is 4.16. The molecule has 15 heavy (non-hydrogen) atoms. The number of ketones is 1. The number of ether oxygens (including phenoxy) is 2. The van der Waals surface area contributed by atoms with E-state index in [9.17, 15) is 4.79 Å². The van der Waals surface area contributed by atoms with Crippen LogP contribution < -0.4 is 0 Å². The van der Waals surface area contributed by atoms with E-state index in [0.29, 0.717) is 37.9 Å². The molecule has 3 heteroatoms. The Hall–Kier alpha value is -0.410. The molecular formula is C12H22O3. The van der Waals surface area contributed by atoms with Gasteiger partial charge in [0.15, 0.2) is 0 Å². The monoisotopic (exact) mass is 214 g/mol. The third kappa shape index (κ3) is 5.90. The Balaban J connectivity index is 1.89. The lowest BCUT2D eigenvalue weighted by atomic mass is 10.1. The first-order chi connectivity index (χ1) is 7.33. The van der Waals surface area contributed by atoms with Crippen molar-refractivity contribution in [3.8, 4) is 0 Å². The summed E-state index contributed by atoms with van der Waals surface area (Å²) in [5.41, 5.74) is 0. The Bertz CT molecular complexity index is 174. The van der Waals surface area contributed by atoms with E-state index in [1.54, 1.807) is 0 Å². The Labute approximate surface area is 92.1 Å². The highest BCUT2D eigenvalue weighted by atomic mass is 16.5. The number of hydrogen-bond donors (Lipinski definition) is 0. The molecule has 0 amide bonds. The highest BCUT2D eigenvalue weighted by Crippen LogP contribution is 2.12. The number of carbonyl (C=O) groups excluding carboxylic acids is 1. The maximum absolute atomic E-state index is 11.0. The van der Waals surface area contributed by atoms with Crippen LogP contribution in [-0.4, -0.2) is 31.7 Å². The largest absolute Gasteiger partial charge is 0.379 e. The number of Topliss-reactive ketones (excluding diaryl/α,β-unsaturated/α-hetero) is 1. The zero-order valence-electron chi connectivity index (χ0n) is 9.67. The summed E-state index contributed by atoms with van der Waals surface area (Å²) in [6.07, 6.45) is 5.99. The molecule has 3 nitrogen and oxygen atoms in total. The molecule has 0 radical (unpaired) electrons. The van der Waals surface area contributed by atoms with Gasteiger partial charge in [-0.3, -0.25) is 4.79 Å². The Morgan fingerprint density at radius 2 is 2.33 bits per heavy atom. The second-order valence-electron chi connectivity index (χ2n) is 4.06. The van der Waals surface area contributed by atoms with Gasteiger partial charge in [0, 0.05) is 26.1 Å². The fourth-order valence-corrected chi connectivity index (χ4v) is 1.70. The lowest BCUT2D eigenvalue weighted by molar-refractivity contribution is -0.119. The van der Waals surface area contributed by atoms with E-state index in [0.717, 1.165) is 19.4 Å². The molecule has 0 aromatic carbocycles.